The predicted molar refractivity (Wildman–Crippen MR) is 377 cm³/mol. The van der Waals surface area contributed by atoms with Gasteiger partial charge in [-0.2, -0.15) is 0 Å². The van der Waals surface area contributed by atoms with E-state index < -0.39 is 0 Å². The van der Waals surface area contributed by atoms with Crippen LogP contribution in [0.5, 0.6) is 0 Å². The Labute approximate surface area is 536 Å². The molecular formula is C78H82Br2S4. The largest absolute Gasteiger partial charge is 0.144 e. The first-order chi connectivity index (χ1) is 41.3. The summed E-state index contributed by atoms with van der Waals surface area (Å²) in [6.45, 7) is 9.14. The zero-order valence-electron chi connectivity index (χ0n) is 49.9. The topological polar surface area (TPSA) is 0 Å². The molecule has 4 heterocycles. The van der Waals surface area contributed by atoms with Gasteiger partial charge in [0.05, 0.1) is 18.4 Å². The van der Waals surface area contributed by atoms with Crippen LogP contribution >= 0.6 is 77.2 Å². The lowest BCUT2D eigenvalue weighted by Crippen LogP contribution is -2.28. The minimum absolute atomic E-state index is 0.306. The van der Waals surface area contributed by atoms with E-state index in [1.807, 2.05) is 34.0 Å². The molecule has 0 spiro atoms. The van der Waals surface area contributed by atoms with Crippen molar-refractivity contribution in [1.29, 1.82) is 0 Å². The number of rotatable bonds is 26. The second-order valence-electron chi connectivity index (χ2n) is 23.6. The minimum atomic E-state index is -0.362. The lowest BCUT2D eigenvalue weighted by atomic mass is 9.67. The Bertz CT molecular complexity index is 3570. The average Bonchev–Trinajstić information content (AvgIpc) is 1.60. The molecule has 0 unspecified atom stereocenters. The monoisotopic (exact) mass is 1300 g/mol. The lowest BCUT2D eigenvalue weighted by Gasteiger charge is -2.34. The zero-order valence-corrected chi connectivity index (χ0v) is 56.3. The summed E-state index contributed by atoms with van der Waals surface area (Å²) >= 11 is 15.0. The fourth-order valence-corrected chi connectivity index (χ4v) is 18.3. The maximum atomic E-state index is 3.88. The number of thiophene rings is 4. The molecule has 432 valence electrons. The van der Waals surface area contributed by atoms with Crippen molar-refractivity contribution in [1.82, 2.24) is 0 Å². The van der Waals surface area contributed by atoms with Gasteiger partial charge in [-0.3, -0.25) is 0 Å². The fraction of sp³-hybridized carbons (Fsp3) is 0.333. The van der Waals surface area contributed by atoms with Gasteiger partial charge in [0, 0.05) is 19.5 Å². The standard InChI is InChI=1S/C39H40Br2S2.C39H42S2/c1-3-5-7-9-11-27-13-18-30(19-14-27)39(31-20-15-28(16-21-31)12-10-8-6-4-2)33-25-29(35-23-24-36(40)42-35)17-22-32(33)38-34(39)26-37(41)43-38;1-3-5-7-9-12-29-15-20-32(21-16-29)39(33-22-17-30(18-23-33)13-10-8-6-4-2)35-25-27-41-38(35)34-24-19-31(28-36(34)39)37-14-11-26-40-37/h13-26H,3-12H2,1-2H3;11,14-28H,3-10,12-13H2,1-2H3. The summed E-state index contributed by atoms with van der Waals surface area (Å²) < 4.78 is 2.36. The van der Waals surface area contributed by atoms with Gasteiger partial charge in [-0.1, -0.05) is 232 Å². The van der Waals surface area contributed by atoms with Gasteiger partial charge in [-0.15, -0.1) is 45.3 Å². The first kappa shape index (κ1) is 60.8. The van der Waals surface area contributed by atoms with Crippen LogP contribution in [0.2, 0.25) is 0 Å². The Balaban J connectivity index is 0.000000176. The van der Waals surface area contributed by atoms with Crippen LogP contribution in [0.1, 0.15) is 197 Å². The summed E-state index contributed by atoms with van der Waals surface area (Å²) in [5.74, 6) is 0. The van der Waals surface area contributed by atoms with Gasteiger partial charge in [0.25, 0.3) is 0 Å². The van der Waals surface area contributed by atoms with Crippen molar-refractivity contribution in [2.24, 2.45) is 0 Å². The number of fused-ring (bicyclic) bond motifs is 6. The van der Waals surface area contributed by atoms with Crippen molar-refractivity contribution in [3.05, 3.63) is 255 Å². The van der Waals surface area contributed by atoms with Gasteiger partial charge in [0.15, 0.2) is 0 Å². The van der Waals surface area contributed by atoms with Crippen LogP contribution in [0.4, 0.5) is 0 Å². The highest BCUT2D eigenvalue weighted by atomic mass is 79.9. The number of hydrogen-bond acceptors (Lipinski definition) is 4. The van der Waals surface area contributed by atoms with Crippen molar-refractivity contribution >= 4 is 77.2 Å². The Hall–Kier alpha value is -4.92. The summed E-state index contributed by atoms with van der Waals surface area (Å²) in [6, 6.07) is 66.5. The van der Waals surface area contributed by atoms with E-state index in [2.05, 4.69) is 240 Å². The Kier molecular flexibility index (Phi) is 20.8. The summed E-state index contributed by atoms with van der Waals surface area (Å²) in [4.78, 5) is 5.43. The molecular weight excluding hydrogens is 1220 g/mol. The molecule has 12 rings (SSSR count). The van der Waals surface area contributed by atoms with Gasteiger partial charge < -0.3 is 0 Å². The van der Waals surface area contributed by atoms with E-state index in [0.717, 1.165) is 12.8 Å². The van der Waals surface area contributed by atoms with Crippen LogP contribution < -0.4 is 0 Å². The van der Waals surface area contributed by atoms with Crippen LogP contribution in [0.25, 0.3) is 41.8 Å². The highest BCUT2D eigenvalue weighted by Crippen LogP contribution is 2.61. The molecule has 2 aliphatic carbocycles. The second kappa shape index (κ2) is 28.7. The van der Waals surface area contributed by atoms with Gasteiger partial charge in [0.1, 0.15) is 0 Å². The third-order valence-corrected chi connectivity index (χ3v) is 23.2. The van der Waals surface area contributed by atoms with Crippen LogP contribution in [0.15, 0.2) is 188 Å². The summed E-state index contributed by atoms with van der Waals surface area (Å²) in [7, 11) is 0. The molecule has 0 bridgehead atoms. The number of unbranched alkanes of at least 4 members (excludes halogenated alkanes) is 12. The van der Waals surface area contributed by atoms with E-state index in [4.69, 9.17) is 0 Å². The van der Waals surface area contributed by atoms with Crippen molar-refractivity contribution < 1.29 is 0 Å². The second-order valence-corrected chi connectivity index (χ2v) is 30.3. The molecule has 0 atom stereocenters. The molecule has 84 heavy (non-hydrogen) atoms. The van der Waals surface area contributed by atoms with Crippen LogP contribution in [-0.4, -0.2) is 0 Å². The summed E-state index contributed by atoms with van der Waals surface area (Å²) in [5, 5.41) is 4.48. The lowest BCUT2D eigenvalue weighted by molar-refractivity contribution is 0.666. The zero-order chi connectivity index (χ0) is 57.9. The molecule has 0 aliphatic heterocycles. The van der Waals surface area contributed by atoms with Crippen LogP contribution in [-0.2, 0) is 36.5 Å². The van der Waals surface area contributed by atoms with E-state index >= 15 is 0 Å². The molecule has 2 aliphatic rings. The molecule has 0 radical (unpaired) electrons. The van der Waals surface area contributed by atoms with E-state index in [1.54, 1.807) is 11.3 Å². The molecule has 6 aromatic carbocycles. The van der Waals surface area contributed by atoms with Gasteiger partial charge in [0.2, 0.25) is 0 Å². The molecule has 0 nitrogen and oxygen atoms in total. The molecule has 0 saturated carbocycles. The van der Waals surface area contributed by atoms with Crippen molar-refractivity contribution in [2.75, 3.05) is 0 Å². The summed E-state index contributed by atoms with van der Waals surface area (Å²) in [5.41, 5.74) is 21.6. The van der Waals surface area contributed by atoms with Crippen molar-refractivity contribution in [3.63, 3.8) is 0 Å². The molecule has 4 aromatic heterocycles. The molecule has 0 saturated heterocycles. The number of benzene rings is 6. The highest BCUT2D eigenvalue weighted by Gasteiger charge is 2.49. The quantitative estimate of drug-likeness (QED) is 0.0474. The average molecular weight is 1310 g/mol. The molecule has 6 heteroatoms. The normalized spacial score (nSPS) is 13.3. The van der Waals surface area contributed by atoms with E-state index in [0.29, 0.717) is 0 Å². The smallest absolute Gasteiger partial charge is 0.0722 e. The van der Waals surface area contributed by atoms with E-state index in [-0.39, 0.29) is 10.8 Å². The number of hydrogen-bond donors (Lipinski definition) is 0. The third-order valence-electron chi connectivity index (χ3n) is 18.0. The minimum Gasteiger partial charge on any atom is -0.144 e. The number of halogens is 2. The summed E-state index contributed by atoms with van der Waals surface area (Å²) in [6.07, 6.45) is 25.5. The van der Waals surface area contributed by atoms with Gasteiger partial charge >= 0.3 is 0 Å². The molecule has 0 amide bonds. The van der Waals surface area contributed by atoms with Gasteiger partial charge in [-0.25, -0.2) is 0 Å². The maximum absolute atomic E-state index is 3.88. The van der Waals surface area contributed by atoms with Crippen molar-refractivity contribution in [2.45, 2.75) is 167 Å². The third kappa shape index (κ3) is 12.7. The van der Waals surface area contributed by atoms with Crippen LogP contribution in [0.3, 0.4) is 0 Å². The fourth-order valence-electron chi connectivity index (χ4n) is 13.6. The number of aryl methyl sites for hydroxylation is 4. The maximum Gasteiger partial charge on any atom is 0.0722 e. The Morgan fingerprint density at radius 3 is 1.15 bits per heavy atom. The molecule has 0 N–H and O–H groups in total. The van der Waals surface area contributed by atoms with E-state index in [9.17, 15) is 0 Å². The van der Waals surface area contributed by atoms with Gasteiger partial charge in [-0.05, 0) is 225 Å². The predicted octanol–water partition coefficient (Wildman–Crippen LogP) is 25.7. The Morgan fingerprint density at radius 1 is 0.321 bits per heavy atom. The SMILES string of the molecule is CCCCCCc1ccc(C2(c3ccc(CCCCCC)cc3)c3cc(-c4ccc(Br)s4)ccc3-c3sc(Br)cc32)cc1.CCCCCCc1ccc(C2(c3ccc(CCCCCC)cc3)c3cc(-c4cccs4)ccc3-c3sccc32)cc1. The van der Waals surface area contributed by atoms with Crippen LogP contribution in [0, 0.1) is 0 Å². The highest BCUT2D eigenvalue weighted by molar-refractivity contribution is 9.11. The first-order valence-corrected chi connectivity index (χ1v) is 36.6. The molecule has 10 aromatic rings. The Morgan fingerprint density at radius 2 is 0.750 bits per heavy atom. The van der Waals surface area contributed by atoms with Crippen molar-refractivity contribution in [3.8, 4) is 41.8 Å². The molecule has 0 fully saturated rings. The first-order valence-electron chi connectivity index (χ1n) is 31.6. The van der Waals surface area contributed by atoms with E-state index in [1.165, 1.54) is 232 Å².